The molecule has 138 valence electrons. The van der Waals surface area contributed by atoms with Crippen molar-refractivity contribution >= 4 is 29.3 Å². The van der Waals surface area contributed by atoms with E-state index in [1.807, 2.05) is 6.07 Å². The zero-order chi connectivity index (χ0) is 19.2. The molecule has 3 rings (SSSR count). The predicted octanol–water partition coefficient (Wildman–Crippen LogP) is 1.57. The van der Waals surface area contributed by atoms with Gasteiger partial charge in [0.1, 0.15) is 5.69 Å². The molecule has 0 aliphatic rings. The molecule has 0 radical (unpaired) electrons. The molecular formula is C17H16N6O3S. The second-order valence-corrected chi connectivity index (χ2v) is 6.21. The number of nitrogen functional groups attached to an aromatic ring is 1. The Hall–Kier alpha value is -3.40. The van der Waals surface area contributed by atoms with Crippen molar-refractivity contribution in [2.75, 3.05) is 24.0 Å². The third-order valence-electron chi connectivity index (χ3n) is 3.50. The lowest BCUT2D eigenvalue weighted by atomic mass is 10.2. The van der Waals surface area contributed by atoms with Crippen molar-refractivity contribution in [2.24, 2.45) is 0 Å². The number of benzene rings is 1. The van der Waals surface area contributed by atoms with E-state index >= 15 is 0 Å². The van der Waals surface area contributed by atoms with Crippen molar-refractivity contribution in [1.82, 2.24) is 19.9 Å². The zero-order valence-electron chi connectivity index (χ0n) is 14.3. The number of pyridine rings is 1. The third-order valence-corrected chi connectivity index (χ3v) is 4.44. The highest BCUT2D eigenvalue weighted by Crippen LogP contribution is 2.21. The number of hydrogen-bond acceptors (Lipinski definition) is 8. The van der Waals surface area contributed by atoms with Gasteiger partial charge in [-0.25, -0.2) is 9.47 Å². The number of nitrogens with one attached hydrogen (secondary N) is 1. The van der Waals surface area contributed by atoms with Gasteiger partial charge >= 0.3 is 5.97 Å². The van der Waals surface area contributed by atoms with Crippen LogP contribution in [0.2, 0.25) is 0 Å². The largest absolute Gasteiger partial charge is 0.465 e. The Balaban J connectivity index is 1.66. The molecule has 0 fully saturated rings. The molecule has 0 bridgehead atoms. The fourth-order valence-corrected chi connectivity index (χ4v) is 2.90. The van der Waals surface area contributed by atoms with Crippen LogP contribution < -0.4 is 11.2 Å². The molecule has 0 unspecified atom stereocenters. The normalized spacial score (nSPS) is 10.4. The molecule has 3 aromatic rings. The standard InChI is InChI=1S/C17H16N6O3S/c1-26-16(25)11-6-2-3-7-12(11)20-14(24)10-27-17-22-21-15(23(17)18)13-8-4-5-9-19-13/h2-9H,10,18H2,1H3,(H,20,24). The summed E-state index contributed by atoms with van der Waals surface area (Å²) in [6.07, 6.45) is 1.63. The summed E-state index contributed by atoms with van der Waals surface area (Å²) >= 11 is 1.12. The van der Waals surface area contributed by atoms with Crippen molar-refractivity contribution in [2.45, 2.75) is 5.16 Å². The molecule has 3 N–H and O–H groups in total. The number of carbonyl (C=O) groups excluding carboxylic acids is 2. The molecular weight excluding hydrogens is 368 g/mol. The second-order valence-electron chi connectivity index (χ2n) is 5.27. The molecule has 10 heteroatoms. The first kappa shape index (κ1) is 18.4. The van der Waals surface area contributed by atoms with Crippen LogP contribution in [-0.4, -0.2) is 44.6 Å². The fourth-order valence-electron chi connectivity index (χ4n) is 2.24. The number of anilines is 1. The smallest absolute Gasteiger partial charge is 0.339 e. The molecule has 2 heterocycles. The Kier molecular flexibility index (Phi) is 5.67. The molecule has 0 saturated heterocycles. The van der Waals surface area contributed by atoms with Crippen LogP contribution >= 0.6 is 11.8 Å². The van der Waals surface area contributed by atoms with Gasteiger partial charge in [0.05, 0.1) is 24.1 Å². The summed E-state index contributed by atoms with van der Waals surface area (Å²) in [5, 5.41) is 11.0. The average Bonchev–Trinajstić information content (AvgIpc) is 3.07. The molecule has 0 atom stereocenters. The Morgan fingerprint density at radius 3 is 2.70 bits per heavy atom. The molecule has 2 aromatic heterocycles. The van der Waals surface area contributed by atoms with Crippen LogP contribution in [0.25, 0.3) is 11.5 Å². The van der Waals surface area contributed by atoms with Gasteiger partial charge in [-0.05, 0) is 24.3 Å². The van der Waals surface area contributed by atoms with Gasteiger partial charge in [0.2, 0.25) is 16.9 Å². The van der Waals surface area contributed by atoms with Gasteiger partial charge in [-0.15, -0.1) is 10.2 Å². The first-order valence-corrected chi connectivity index (χ1v) is 8.80. The molecule has 9 nitrogen and oxygen atoms in total. The number of ether oxygens (including phenoxy) is 1. The van der Waals surface area contributed by atoms with Crippen LogP contribution in [0.5, 0.6) is 0 Å². The van der Waals surface area contributed by atoms with Gasteiger partial charge in [0.25, 0.3) is 0 Å². The zero-order valence-corrected chi connectivity index (χ0v) is 15.1. The van der Waals surface area contributed by atoms with Crippen LogP contribution in [0, 0.1) is 0 Å². The molecule has 1 amide bonds. The molecule has 27 heavy (non-hydrogen) atoms. The van der Waals surface area contributed by atoms with Crippen molar-refractivity contribution in [3.63, 3.8) is 0 Å². The number of nitrogens with zero attached hydrogens (tertiary/aromatic N) is 4. The summed E-state index contributed by atoms with van der Waals surface area (Å²) in [7, 11) is 1.28. The van der Waals surface area contributed by atoms with E-state index in [1.54, 1.807) is 42.6 Å². The molecule has 0 aliphatic heterocycles. The lowest BCUT2D eigenvalue weighted by molar-refractivity contribution is -0.113. The number of hydrogen-bond donors (Lipinski definition) is 2. The van der Waals surface area contributed by atoms with Gasteiger partial charge < -0.3 is 15.9 Å². The number of esters is 1. The summed E-state index contributed by atoms with van der Waals surface area (Å²) in [5.74, 6) is 5.58. The number of aromatic nitrogens is 4. The van der Waals surface area contributed by atoms with E-state index in [9.17, 15) is 9.59 Å². The van der Waals surface area contributed by atoms with Gasteiger partial charge in [0.15, 0.2) is 0 Å². The minimum atomic E-state index is -0.528. The van der Waals surface area contributed by atoms with E-state index in [0.29, 0.717) is 22.4 Å². The van der Waals surface area contributed by atoms with E-state index in [-0.39, 0.29) is 17.2 Å². The number of thioether (sulfide) groups is 1. The van der Waals surface area contributed by atoms with Crippen LogP contribution in [0.4, 0.5) is 5.69 Å². The lowest BCUT2D eigenvalue weighted by Gasteiger charge is -2.09. The summed E-state index contributed by atoms with van der Waals surface area (Å²) in [4.78, 5) is 28.2. The highest BCUT2D eigenvalue weighted by Gasteiger charge is 2.16. The average molecular weight is 384 g/mol. The van der Waals surface area contributed by atoms with Crippen molar-refractivity contribution in [3.05, 3.63) is 54.2 Å². The number of carbonyl (C=O) groups is 2. The summed E-state index contributed by atoms with van der Waals surface area (Å²) in [6, 6.07) is 12.0. The topological polar surface area (TPSA) is 125 Å². The predicted molar refractivity (Wildman–Crippen MR) is 101 cm³/mol. The summed E-state index contributed by atoms with van der Waals surface area (Å²) < 4.78 is 5.99. The van der Waals surface area contributed by atoms with Gasteiger partial charge in [-0.3, -0.25) is 9.78 Å². The summed E-state index contributed by atoms with van der Waals surface area (Å²) in [5.41, 5.74) is 1.23. The van der Waals surface area contributed by atoms with E-state index < -0.39 is 5.97 Å². The summed E-state index contributed by atoms with van der Waals surface area (Å²) in [6.45, 7) is 0. The minimum Gasteiger partial charge on any atom is -0.465 e. The van der Waals surface area contributed by atoms with Crippen molar-refractivity contribution in [1.29, 1.82) is 0 Å². The lowest BCUT2D eigenvalue weighted by Crippen LogP contribution is -2.18. The van der Waals surface area contributed by atoms with Crippen molar-refractivity contribution < 1.29 is 14.3 Å². The first-order valence-electron chi connectivity index (χ1n) is 7.82. The number of para-hydroxylation sites is 1. The molecule has 0 aliphatic carbocycles. The van der Waals surface area contributed by atoms with Gasteiger partial charge in [-0.1, -0.05) is 30.0 Å². The maximum atomic E-state index is 12.2. The van der Waals surface area contributed by atoms with Gasteiger partial charge in [0, 0.05) is 6.20 Å². The van der Waals surface area contributed by atoms with E-state index in [2.05, 4.69) is 20.5 Å². The van der Waals surface area contributed by atoms with Crippen molar-refractivity contribution in [3.8, 4) is 11.5 Å². The minimum absolute atomic E-state index is 0.0348. The number of nitrogens with two attached hydrogens (primary N) is 1. The maximum Gasteiger partial charge on any atom is 0.339 e. The molecule has 0 spiro atoms. The van der Waals surface area contributed by atoms with Crippen LogP contribution in [0.3, 0.4) is 0 Å². The molecule has 0 saturated carbocycles. The number of amides is 1. The van der Waals surface area contributed by atoms with E-state index in [0.717, 1.165) is 11.8 Å². The highest BCUT2D eigenvalue weighted by atomic mass is 32.2. The Bertz CT molecular complexity index is 960. The van der Waals surface area contributed by atoms with Crippen LogP contribution in [0.15, 0.2) is 53.8 Å². The Morgan fingerprint density at radius 2 is 1.96 bits per heavy atom. The first-order chi connectivity index (χ1) is 13.1. The number of rotatable bonds is 6. The maximum absolute atomic E-state index is 12.2. The van der Waals surface area contributed by atoms with Crippen LogP contribution in [0.1, 0.15) is 10.4 Å². The molecule has 1 aromatic carbocycles. The van der Waals surface area contributed by atoms with Crippen LogP contribution in [-0.2, 0) is 9.53 Å². The third kappa shape index (κ3) is 4.23. The Morgan fingerprint density at radius 1 is 1.19 bits per heavy atom. The monoisotopic (exact) mass is 384 g/mol. The highest BCUT2D eigenvalue weighted by molar-refractivity contribution is 7.99. The second kappa shape index (κ2) is 8.32. The number of methoxy groups -OCH3 is 1. The van der Waals surface area contributed by atoms with Gasteiger partial charge in [-0.2, -0.15) is 0 Å². The quantitative estimate of drug-likeness (QED) is 0.373. The SMILES string of the molecule is COC(=O)c1ccccc1NC(=O)CSc1nnc(-c2ccccn2)n1N. The fraction of sp³-hybridized carbons (Fsp3) is 0.118. The Labute approximate surface area is 158 Å². The van der Waals surface area contributed by atoms with E-state index in [1.165, 1.54) is 11.8 Å². The van der Waals surface area contributed by atoms with E-state index in [4.69, 9.17) is 10.6 Å².